The number of hydrogen-bond donors (Lipinski definition) is 1. The van der Waals surface area contributed by atoms with E-state index in [2.05, 4.69) is 15.9 Å². The van der Waals surface area contributed by atoms with Crippen LogP contribution in [-0.2, 0) is 10.2 Å². The Hall–Kier alpha value is -0.450. The number of aliphatic hydroxyl groups is 1. The van der Waals surface area contributed by atoms with Crippen LogP contribution in [0.1, 0.15) is 31.2 Å². The van der Waals surface area contributed by atoms with Crippen LogP contribution in [-0.4, -0.2) is 24.4 Å². The maximum Gasteiger partial charge on any atom is 0.127 e. The van der Waals surface area contributed by atoms with Crippen molar-refractivity contribution in [1.29, 1.82) is 0 Å². The first-order valence-electron chi connectivity index (χ1n) is 6.83. The van der Waals surface area contributed by atoms with Gasteiger partial charge in [-0.25, -0.2) is 4.39 Å². The molecule has 1 saturated heterocycles. The fourth-order valence-corrected chi connectivity index (χ4v) is 3.80. The molecule has 0 aromatic heterocycles. The molecule has 19 heavy (non-hydrogen) atoms. The molecule has 3 rings (SSSR count). The summed E-state index contributed by atoms with van der Waals surface area (Å²) in [5.41, 5.74) is 0.586. The van der Waals surface area contributed by atoms with E-state index in [0.29, 0.717) is 19.1 Å². The third kappa shape index (κ3) is 2.34. The van der Waals surface area contributed by atoms with Gasteiger partial charge in [-0.2, -0.15) is 0 Å². The number of benzene rings is 1. The summed E-state index contributed by atoms with van der Waals surface area (Å²) in [5, 5.41) is 9.64. The van der Waals surface area contributed by atoms with E-state index in [1.54, 1.807) is 6.07 Å². The van der Waals surface area contributed by atoms with Crippen LogP contribution in [0.4, 0.5) is 4.39 Å². The van der Waals surface area contributed by atoms with Gasteiger partial charge >= 0.3 is 0 Å². The molecule has 1 aromatic carbocycles. The Balaban J connectivity index is 1.92. The molecule has 2 fully saturated rings. The summed E-state index contributed by atoms with van der Waals surface area (Å²) in [7, 11) is 0. The predicted octanol–water partition coefficient (Wildman–Crippen LogP) is 3.41. The molecule has 0 atom stereocenters. The summed E-state index contributed by atoms with van der Waals surface area (Å²) in [4.78, 5) is 0. The number of halogens is 2. The number of hydrogen-bond acceptors (Lipinski definition) is 2. The number of aliphatic hydroxyl groups excluding tert-OH is 1. The van der Waals surface area contributed by atoms with Gasteiger partial charge < -0.3 is 9.84 Å². The molecule has 2 aliphatic rings. The molecule has 0 radical (unpaired) electrons. The minimum Gasteiger partial charge on any atom is -0.393 e. The Morgan fingerprint density at radius 1 is 1.21 bits per heavy atom. The van der Waals surface area contributed by atoms with E-state index in [1.165, 1.54) is 6.07 Å². The zero-order chi connectivity index (χ0) is 13.5. The molecular weight excluding hydrogens is 311 g/mol. The van der Waals surface area contributed by atoms with Gasteiger partial charge in [0.1, 0.15) is 5.82 Å². The monoisotopic (exact) mass is 328 g/mol. The van der Waals surface area contributed by atoms with Crippen molar-refractivity contribution >= 4 is 15.9 Å². The second-order valence-corrected chi connectivity index (χ2v) is 6.69. The van der Waals surface area contributed by atoms with Crippen LogP contribution in [0.3, 0.4) is 0 Å². The zero-order valence-electron chi connectivity index (χ0n) is 10.7. The van der Waals surface area contributed by atoms with Crippen LogP contribution in [0.25, 0.3) is 0 Å². The van der Waals surface area contributed by atoms with Crippen LogP contribution < -0.4 is 0 Å². The largest absolute Gasteiger partial charge is 0.393 e. The van der Waals surface area contributed by atoms with E-state index in [4.69, 9.17) is 4.74 Å². The quantitative estimate of drug-likeness (QED) is 0.901. The summed E-state index contributed by atoms with van der Waals surface area (Å²) < 4.78 is 20.5. The fourth-order valence-electron chi connectivity index (χ4n) is 3.44. The van der Waals surface area contributed by atoms with Gasteiger partial charge in [-0.05, 0) is 49.8 Å². The molecule has 0 spiro atoms. The highest BCUT2D eigenvalue weighted by Gasteiger charge is 2.49. The van der Waals surface area contributed by atoms with Gasteiger partial charge in [0, 0.05) is 15.5 Å². The first-order chi connectivity index (χ1) is 9.12. The second-order valence-electron chi connectivity index (χ2n) is 5.78. The van der Waals surface area contributed by atoms with Crippen molar-refractivity contribution in [2.45, 2.75) is 37.2 Å². The third-order valence-corrected chi connectivity index (χ3v) is 5.16. The second kappa shape index (κ2) is 5.15. The van der Waals surface area contributed by atoms with Crippen LogP contribution in [0.15, 0.2) is 22.7 Å². The van der Waals surface area contributed by atoms with Crippen molar-refractivity contribution in [3.05, 3.63) is 34.1 Å². The van der Waals surface area contributed by atoms with Gasteiger partial charge in [-0.1, -0.05) is 15.9 Å². The van der Waals surface area contributed by atoms with Crippen molar-refractivity contribution in [1.82, 2.24) is 0 Å². The summed E-state index contributed by atoms with van der Waals surface area (Å²) in [6.07, 6.45) is 3.37. The predicted molar refractivity (Wildman–Crippen MR) is 74.6 cm³/mol. The summed E-state index contributed by atoms with van der Waals surface area (Å²) >= 11 is 3.43. The molecule has 2 nitrogen and oxygen atoms in total. The summed E-state index contributed by atoms with van der Waals surface area (Å²) in [6.45, 7) is 1.20. The molecule has 4 heteroatoms. The SMILES string of the molecule is OC1CCC(C2(c3cc(Br)ccc3F)COC2)CC1. The van der Waals surface area contributed by atoms with Crippen LogP contribution in [0, 0.1) is 11.7 Å². The van der Waals surface area contributed by atoms with Gasteiger partial charge in [-0.15, -0.1) is 0 Å². The Morgan fingerprint density at radius 2 is 1.89 bits per heavy atom. The lowest BCUT2D eigenvalue weighted by Gasteiger charge is -2.49. The lowest BCUT2D eigenvalue weighted by molar-refractivity contribution is -0.105. The standard InChI is InChI=1S/C15H18BrFO2/c16-11-3-6-14(17)13(7-11)15(8-19-9-15)10-1-4-12(18)5-2-10/h3,6-7,10,12,18H,1-2,4-5,8-9H2. The van der Waals surface area contributed by atoms with Crippen LogP contribution in [0.2, 0.25) is 0 Å². The first kappa shape index (κ1) is 13.5. The minimum atomic E-state index is -0.187. The summed E-state index contributed by atoms with van der Waals surface area (Å²) in [6, 6.07) is 5.15. The van der Waals surface area contributed by atoms with Gasteiger partial charge in [0.15, 0.2) is 0 Å². The van der Waals surface area contributed by atoms with Gasteiger partial charge in [-0.3, -0.25) is 0 Å². The van der Waals surface area contributed by atoms with Crippen molar-refractivity contribution in [3.8, 4) is 0 Å². The van der Waals surface area contributed by atoms with E-state index < -0.39 is 0 Å². The van der Waals surface area contributed by atoms with Crippen molar-refractivity contribution in [2.75, 3.05) is 13.2 Å². The molecule has 0 bridgehead atoms. The van der Waals surface area contributed by atoms with Crippen LogP contribution >= 0.6 is 15.9 Å². The minimum absolute atomic E-state index is 0.141. The highest BCUT2D eigenvalue weighted by Crippen LogP contribution is 2.47. The first-order valence-corrected chi connectivity index (χ1v) is 7.62. The lowest BCUT2D eigenvalue weighted by Crippen LogP contribution is -2.54. The Kier molecular flexibility index (Phi) is 3.67. The molecule has 1 saturated carbocycles. The molecule has 104 valence electrons. The number of rotatable bonds is 2. The Labute approximate surface area is 121 Å². The van der Waals surface area contributed by atoms with Gasteiger partial charge in [0.05, 0.1) is 19.3 Å². The molecule has 1 N–H and O–H groups in total. The maximum absolute atomic E-state index is 14.2. The average molecular weight is 329 g/mol. The molecule has 1 aliphatic heterocycles. The van der Waals surface area contributed by atoms with Crippen LogP contribution in [0.5, 0.6) is 0 Å². The van der Waals surface area contributed by atoms with E-state index >= 15 is 0 Å². The normalized spacial score (nSPS) is 29.8. The molecular formula is C15H18BrFO2. The van der Waals surface area contributed by atoms with Gasteiger partial charge in [0.2, 0.25) is 0 Å². The third-order valence-electron chi connectivity index (χ3n) is 4.66. The van der Waals surface area contributed by atoms with Crippen molar-refractivity contribution in [3.63, 3.8) is 0 Å². The Morgan fingerprint density at radius 3 is 2.47 bits per heavy atom. The van der Waals surface area contributed by atoms with E-state index in [0.717, 1.165) is 35.7 Å². The van der Waals surface area contributed by atoms with E-state index in [9.17, 15) is 9.50 Å². The lowest BCUT2D eigenvalue weighted by atomic mass is 9.63. The van der Waals surface area contributed by atoms with E-state index in [1.807, 2.05) is 6.07 Å². The Bertz CT molecular complexity index is 465. The van der Waals surface area contributed by atoms with Crippen molar-refractivity contribution in [2.24, 2.45) is 5.92 Å². The molecule has 1 aromatic rings. The zero-order valence-corrected chi connectivity index (χ0v) is 12.3. The smallest absolute Gasteiger partial charge is 0.127 e. The molecule has 1 heterocycles. The maximum atomic E-state index is 14.2. The fraction of sp³-hybridized carbons (Fsp3) is 0.600. The van der Waals surface area contributed by atoms with Crippen molar-refractivity contribution < 1.29 is 14.2 Å². The molecule has 0 amide bonds. The number of ether oxygens (including phenoxy) is 1. The molecule has 0 unspecified atom stereocenters. The van der Waals surface area contributed by atoms with E-state index in [-0.39, 0.29) is 17.3 Å². The van der Waals surface area contributed by atoms with Gasteiger partial charge in [0.25, 0.3) is 0 Å². The highest BCUT2D eigenvalue weighted by atomic mass is 79.9. The average Bonchev–Trinajstić information content (AvgIpc) is 2.34. The molecule has 1 aliphatic carbocycles. The topological polar surface area (TPSA) is 29.5 Å². The summed E-state index contributed by atoms with van der Waals surface area (Å²) in [5.74, 6) is 0.270. The highest BCUT2D eigenvalue weighted by molar-refractivity contribution is 9.10.